The number of rotatable bonds is 8. The third-order valence-electron chi connectivity index (χ3n) is 11.5. The molecule has 3 heterocycles. The monoisotopic (exact) mass is 706 g/mol. The largest absolute Gasteiger partial charge is 0.457 e. The number of benzene rings is 3. The Morgan fingerprint density at radius 2 is 1.60 bits per heavy atom. The first-order chi connectivity index (χ1) is 25.2. The van der Waals surface area contributed by atoms with Crippen molar-refractivity contribution in [3.05, 3.63) is 119 Å². The van der Waals surface area contributed by atoms with Gasteiger partial charge in [0.25, 0.3) is 0 Å². The van der Waals surface area contributed by atoms with Gasteiger partial charge in [0.2, 0.25) is 0 Å². The van der Waals surface area contributed by atoms with Crippen molar-refractivity contribution in [2.45, 2.75) is 114 Å². The van der Waals surface area contributed by atoms with E-state index in [1.807, 2.05) is 6.20 Å². The van der Waals surface area contributed by atoms with Crippen LogP contribution in [-0.2, 0) is 6.42 Å². The molecule has 0 radical (unpaired) electrons. The fourth-order valence-electron chi connectivity index (χ4n) is 8.89. The smallest absolute Gasteiger partial charge is 0.137 e. The summed E-state index contributed by atoms with van der Waals surface area (Å²) >= 11 is 0. The van der Waals surface area contributed by atoms with E-state index in [1.165, 1.54) is 39.6 Å². The van der Waals surface area contributed by atoms with E-state index in [4.69, 9.17) is 14.8 Å². The number of ether oxygens (including phenoxy) is 1. The summed E-state index contributed by atoms with van der Waals surface area (Å²) in [6.07, 6.45) is 8.92. The molecule has 7 rings (SSSR count). The minimum Gasteiger partial charge on any atom is -0.457 e. The molecule has 1 aliphatic carbocycles. The average Bonchev–Trinajstić information content (AvgIpc) is 3.59. The Labute approximate surface area is 317 Å². The van der Waals surface area contributed by atoms with E-state index in [9.17, 15) is 0 Å². The van der Waals surface area contributed by atoms with E-state index in [1.54, 1.807) is 5.57 Å². The molecule has 1 unspecified atom stereocenters. The molecule has 0 fully saturated rings. The maximum atomic E-state index is 6.82. The third kappa shape index (κ3) is 6.96. The van der Waals surface area contributed by atoms with Crippen LogP contribution in [0.3, 0.4) is 0 Å². The average molecular weight is 707 g/mol. The molecule has 0 saturated heterocycles. The van der Waals surface area contributed by atoms with Gasteiger partial charge in [-0.3, -0.25) is 4.57 Å². The zero-order valence-electron chi connectivity index (χ0n) is 33.8. The lowest BCUT2D eigenvalue weighted by atomic mass is 9.59. The number of allylic oxidation sites excluding steroid dienone is 2. The lowest BCUT2D eigenvalue weighted by Gasteiger charge is -2.45. The Hall–Kier alpha value is -4.64. The van der Waals surface area contributed by atoms with Crippen LogP contribution < -0.4 is 4.74 Å². The molecule has 0 aliphatic heterocycles. The van der Waals surface area contributed by atoms with Gasteiger partial charge < -0.3 is 4.74 Å². The summed E-state index contributed by atoms with van der Waals surface area (Å²) in [6, 6.07) is 26.0. The molecule has 5 nitrogen and oxygen atoms in total. The van der Waals surface area contributed by atoms with Crippen LogP contribution in [0.15, 0.2) is 90.6 Å². The summed E-state index contributed by atoms with van der Waals surface area (Å²) < 4.78 is 11.3. The number of aromatic nitrogens is 4. The van der Waals surface area contributed by atoms with Gasteiger partial charge in [-0.15, -0.1) is 0 Å². The van der Waals surface area contributed by atoms with Gasteiger partial charge in [0.05, 0.1) is 22.4 Å². The summed E-state index contributed by atoms with van der Waals surface area (Å²) in [5, 5.41) is 7.68. The molecular formula is C48H58N4O. The van der Waals surface area contributed by atoms with Gasteiger partial charge in [0.15, 0.2) is 0 Å². The van der Waals surface area contributed by atoms with Gasteiger partial charge in [-0.1, -0.05) is 98.6 Å². The van der Waals surface area contributed by atoms with Crippen molar-refractivity contribution in [1.29, 1.82) is 0 Å². The van der Waals surface area contributed by atoms with Gasteiger partial charge in [-0.05, 0) is 109 Å². The first kappa shape index (κ1) is 36.7. The highest BCUT2D eigenvalue weighted by Crippen LogP contribution is 2.53. The van der Waals surface area contributed by atoms with Crippen molar-refractivity contribution in [3.63, 3.8) is 0 Å². The summed E-state index contributed by atoms with van der Waals surface area (Å²) in [4.78, 5) is 4.85. The Bertz CT molecular complexity index is 2320. The quantitative estimate of drug-likeness (QED) is 0.148. The van der Waals surface area contributed by atoms with Crippen LogP contribution in [0.5, 0.6) is 11.5 Å². The van der Waals surface area contributed by atoms with Crippen molar-refractivity contribution < 1.29 is 4.74 Å². The Kier molecular flexibility index (Phi) is 9.68. The number of aryl methyl sites for hydroxylation is 2. The van der Waals surface area contributed by atoms with Crippen LogP contribution in [-0.4, -0.2) is 19.3 Å². The maximum Gasteiger partial charge on any atom is 0.137 e. The van der Waals surface area contributed by atoms with Gasteiger partial charge in [0, 0.05) is 46.3 Å². The van der Waals surface area contributed by atoms with Crippen LogP contribution in [0.25, 0.3) is 33.3 Å². The number of nitrogens with zero attached hydrogens (tertiary/aromatic N) is 4. The zero-order chi connectivity index (χ0) is 37.8. The second kappa shape index (κ2) is 14.0. The third-order valence-corrected chi connectivity index (χ3v) is 11.5. The number of pyridine rings is 1. The van der Waals surface area contributed by atoms with Crippen molar-refractivity contribution in [2.24, 2.45) is 16.7 Å². The number of hydrogen-bond donors (Lipinski definition) is 0. The van der Waals surface area contributed by atoms with Crippen molar-refractivity contribution >= 4 is 21.8 Å². The Morgan fingerprint density at radius 1 is 0.849 bits per heavy atom. The van der Waals surface area contributed by atoms with Gasteiger partial charge in [0.1, 0.15) is 17.3 Å². The normalized spacial score (nSPS) is 16.9. The van der Waals surface area contributed by atoms with Crippen molar-refractivity contribution in [2.75, 3.05) is 0 Å². The summed E-state index contributed by atoms with van der Waals surface area (Å²) in [5.74, 6) is 3.72. The van der Waals surface area contributed by atoms with Gasteiger partial charge >= 0.3 is 0 Å². The second-order valence-corrected chi connectivity index (χ2v) is 17.8. The minimum atomic E-state index is 0.0787. The van der Waals surface area contributed by atoms with Crippen LogP contribution in [0.1, 0.15) is 121 Å². The van der Waals surface area contributed by atoms with Crippen LogP contribution in [0, 0.1) is 30.6 Å². The SMILES string of the molecule is CCCc1ccnc(-n2c3ccccc3c3ccc(Oc4cc(C(C)C)cc(-n5nc(C)c(C6C(C(C)(C)C)=CCC[C@@H]6C(C)(C)C)c5C)c4)cc32)c1. The van der Waals surface area contributed by atoms with E-state index >= 15 is 0 Å². The predicted octanol–water partition coefficient (Wildman–Crippen LogP) is 13.4. The summed E-state index contributed by atoms with van der Waals surface area (Å²) in [6.45, 7) is 25.5. The van der Waals surface area contributed by atoms with E-state index in [0.29, 0.717) is 17.8 Å². The van der Waals surface area contributed by atoms with Crippen molar-refractivity contribution in [3.8, 4) is 23.0 Å². The molecule has 3 aromatic carbocycles. The minimum absolute atomic E-state index is 0.0787. The first-order valence-electron chi connectivity index (χ1n) is 19.7. The van der Waals surface area contributed by atoms with E-state index in [0.717, 1.165) is 59.0 Å². The van der Waals surface area contributed by atoms with Crippen molar-refractivity contribution in [1.82, 2.24) is 19.3 Å². The molecule has 0 N–H and O–H groups in total. The second-order valence-electron chi connectivity index (χ2n) is 17.8. The van der Waals surface area contributed by atoms with Crippen LogP contribution in [0.4, 0.5) is 0 Å². The fourth-order valence-corrected chi connectivity index (χ4v) is 8.89. The van der Waals surface area contributed by atoms with Crippen LogP contribution >= 0.6 is 0 Å². The molecule has 1 aliphatic rings. The summed E-state index contributed by atoms with van der Waals surface area (Å²) in [5.41, 5.74) is 11.3. The molecule has 53 heavy (non-hydrogen) atoms. The highest BCUT2D eigenvalue weighted by atomic mass is 16.5. The number of hydrogen-bond acceptors (Lipinski definition) is 3. The Morgan fingerprint density at radius 3 is 2.32 bits per heavy atom. The van der Waals surface area contributed by atoms with E-state index < -0.39 is 0 Å². The first-order valence-corrected chi connectivity index (χ1v) is 19.7. The highest BCUT2D eigenvalue weighted by Gasteiger charge is 2.42. The predicted molar refractivity (Wildman–Crippen MR) is 222 cm³/mol. The Balaban J connectivity index is 1.32. The molecule has 0 bridgehead atoms. The molecule has 0 spiro atoms. The lowest BCUT2D eigenvalue weighted by molar-refractivity contribution is 0.180. The maximum absolute atomic E-state index is 6.82. The molecule has 0 amide bonds. The fraction of sp³-hybridized carbons (Fsp3) is 0.417. The van der Waals surface area contributed by atoms with E-state index in [-0.39, 0.29) is 10.8 Å². The molecule has 2 atom stereocenters. The molecule has 3 aromatic heterocycles. The molecule has 0 saturated carbocycles. The topological polar surface area (TPSA) is 44.9 Å². The molecule has 5 heteroatoms. The standard InChI is InChI=1S/C48H58N4O/c1-12-16-33-23-24-49-44(25-33)51-42-20-14-13-17-38(42)39-22-21-36(29-43(39)51)53-37-27-34(30(2)3)26-35(28-37)52-32(5)45(31(4)50-52)46-40(47(6,7)8)18-15-19-41(46)48(9,10)11/h13-14,17-18,20-30,41,46H,12,15-16,19H2,1-11H3/t41-,46?/m0/s1. The number of para-hydroxylation sites is 1. The number of fused-ring (bicyclic) bond motifs is 3. The zero-order valence-corrected chi connectivity index (χ0v) is 33.8. The summed E-state index contributed by atoms with van der Waals surface area (Å²) in [7, 11) is 0. The lowest BCUT2D eigenvalue weighted by Crippen LogP contribution is -2.34. The molecule has 276 valence electrons. The van der Waals surface area contributed by atoms with Gasteiger partial charge in [-0.2, -0.15) is 5.10 Å². The molecule has 6 aromatic rings. The molecular weight excluding hydrogens is 649 g/mol. The van der Waals surface area contributed by atoms with Gasteiger partial charge in [-0.25, -0.2) is 9.67 Å². The highest BCUT2D eigenvalue weighted by molar-refractivity contribution is 6.09. The van der Waals surface area contributed by atoms with Crippen LogP contribution in [0.2, 0.25) is 0 Å². The van der Waals surface area contributed by atoms with E-state index in [2.05, 4.69) is 164 Å².